The van der Waals surface area contributed by atoms with Crippen LogP contribution in [0.15, 0.2) is 65.2 Å². The van der Waals surface area contributed by atoms with Crippen LogP contribution in [-0.2, 0) is 82.3 Å². The molecule has 43 heteroatoms. The summed E-state index contributed by atoms with van der Waals surface area (Å²) in [6, 6.07) is 8.83. The molecule has 3 aliphatic rings. The Hall–Kier alpha value is -5.93. The number of nitrogens with one attached hydrogen (secondary N) is 2. The highest BCUT2D eigenvalue weighted by Gasteiger charge is 2.54. The van der Waals surface area contributed by atoms with E-state index in [1.165, 1.54) is 27.1 Å². The maximum Gasteiger partial charge on any atom is 0.490 e. The predicted molar refractivity (Wildman–Crippen MR) is 273 cm³/mol. The Balaban J connectivity index is 0.814. The SMILES string of the molecule is CO[C@@H]1[C@H](OP(=O)(O)OC[C@H]2O[C@@H](n3cnc4c(=O)[nH]c(N)nc43)[C@H](O)[C@@H]2O)[C@@H](COP(=O)(O)OP(=O)(O)OP(=O)(O)OC[C@H]2O[C@@H]([n+]3cn(C)c4c(=O)[nH]c(N)nc43)[C@H](O)[C@@H]2COCc2ccccc2)O[C@H]1n1cnc2c(N)ncnc21. The molecule has 16 atom stereocenters. The summed E-state index contributed by atoms with van der Waals surface area (Å²) < 4.78 is 117. The van der Waals surface area contributed by atoms with Crippen molar-refractivity contribution in [3.05, 3.63) is 81.9 Å². The predicted octanol–water partition coefficient (Wildman–Crippen LogP) is -2.24. The number of ether oxygens (including phenoxy) is 5. The third-order valence-corrected chi connectivity index (χ3v) is 18.4. The fourth-order valence-electron chi connectivity index (χ4n) is 9.47. The van der Waals surface area contributed by atoms with Crippen LogP contribution in [0, 0.1) is 5.92 Å². The van der Waals surface area contributed by atoms with E-state index in [2.05, 4.69) is 48.5 Å². The van der Waals surface area contributed by atoms with Crippen molar-refractivity contribution in [2.45, 2.75) is 74.1 Å². The van der Waals surface area contributed by atoms with Crippen molar-refractivity contribution in [2.24, 2.45) is 13.0 Å². The van der Waals surface area contributed by atoms with Gasteiger partial charge in [-0.3, -0.25) is 51.4 Å². The Morgan fingerprint density at radius 2 is 1.29 bits per heavy atom. The summed E-state index contributed by atoms with van der Waals surface area (Å²) in [7, 11) is -20.9. The summed E-state index contributed by atoms with van der Waals surface area (Å²) in [5.74, 6) is -1.76. The van der Waals surface area contributed by atoms with Gasteiger partial charge in [-0.15, -0.1) is 0 Å². The number of hydrogen-bond donors (Lipinski definition) is 12. The number of aliphatic hydroxyl groups is 3. The van der Waals surface area contributed by atoms with Gasteiger partial charge in [0.25, 0.3) is 17.1 Å². The molecule has 0 spiro atoms. The zero-order valence-corrected chi connectivity index (χ0v) is 46.3. The van der Waals surface area contributed by atoms with Gasteiger partial charge in [0.05, 0.1) is 58.8 Å². The quantitative estimate of drug-likeness (QED) is 0.0238. The lowest BCUT2D eigenvalue weighted by Gasteiger charge is -2.26. The van der Waals surface area contributed by atoms with Gasteiger partial charge in [0, 0.05) is 13.0 Å². The zero-order valence-electron chi connectivity index (χ0n) is 42.7. The second-order valence-corrected chi connectivity index (χ2v) is 24.7. The maximum absolute atomic E-state index is 13.8. The second-order valence-electron chi connectivity index (χ2n) is 18.6. The molecule has 10 rings (SSSR count). The highest BCUT2D eigenvalue weighted by molar-refractivity contribution is 7.66. The molecule has 450 valence electrons. The number of aliphatic hydroxyl groups excluding tert-OH is 3. The lowest BCUT2D eigenvalue weighted by Crippen LogP contribution is -2.45. The van der Waals surface area contributed by atoms with Gasteiger partial charge in [0.1, 0.15) is 54.6 Å². The lowest BCUT2D eigenvalue weighted by molar-refractivity contribution is -0.745. The van der Waals surface area contributed by atoms with E-state index in [1.54, 1.807) is 30.3 Å². The number of anilines is 3. The molecule has 7 aromatic rings. The van der Waals surface area contributed by atoms with E-state index in [-0.39, 0.29) is 64.4 Å². The molecule has 15 N–H and O–H groups in total. The molecule has 0 bridgehead atoms. The van der Waals surface area contributed by atoms with Gasteiger partial charge in [-0.05, 0) is 5.56 Å². The minimum atomic E-state index is -6.22. The Bertz CT molecular complexity index is 3850. The van der Waals surface area contributed by atoms with Crippen LogP contribution in [0.1, 0.15) is 24.2 Å². The minimum Gasteiger partial charge on any atom is -0.387 e. The topological polar surface area (TPSA) is 551 Å². The molecule has 9 heterocycles. The Kier molecular flexibility index (Phi) is 17.0. The summed E-state index contributed by atoms with van der Waals surface area (Å²) in [5.41, 5.74) is 16.5. The van der Waals surface area contributed by atoms with Crippen LogP contribution in [-0.4, -0.2) is 171 Å². The van der Waals surface area contributed by atoms with Gasteiger partial charge in [0.2, 0.25) is 17.7 Å². The van der Waals surface area contributed by atoms with Crippen LogP contribution in [0.2, 0.25) is 0 Å². The molecule has 1 aromatic carbocycles. The van der Waals surface area contributed by atoms with Gasteiger partial charge in [0.15, 0.2) is 41.4 Å². The smallest absolute Gasteiger partial charge is 0.387 e. The van der Waals surface area contributed by atoms with E-state index in [9.17, 15) is 62.7 Å². The number of rotatable bonds is 23. The molecular formula is C40H52N15O24P4+. The number of nitrogens with zero attached hydrogens (tertiary/aromatic N) is 10. The number of H-pyrrole nitrogens is 2. The van der Waals surface area contributed by atoms with Crippen molar-refractivity contribution in [1.29, 1.82) is 0 Å². The van der Waals surface area contributed by atoms with Crippen molar-refractivity contribution in [2.75, 3.05) is 50.7 Å². The number of phosphoric ester groups is 3. The van der Waals surface area contributed by atoms with Crippen molar-refractivity contribution < 1.29 is 108 Å². The molecule has 0 aliphatic carbocycles. The highest BCUT2D eigenvalue weighted by atomic mass is 31.3. The van der Waals surface area contributed by atoms with Crippen molar-refractivity contribution in [3.63, 3.8) is 0 Å². The Morgan fingerprint density at radius 3 is 1.99 bits per heavy atom. The number of nitrogen functional groups attached to an aromatic ring is 3. The maximum atomic E-state index is 13.8. The van der Waals surface area contributed by atoms with Gasteiger partial charge in [-0.1, -0.05) is 35.3 Å². The molecule has 6 aromatic heterocycles. The van der Waals surface area contributed by atoms with Gasteiger partial charge in [-0.25, -0.2) is 42.8 Å². The first-order valence-corrected chi connectivity index (χ1v) is 30.1. The molecule has 83 heavy (non-hydrogen) atoms. The molecule has 0 saturated carbocycles. The van der Waals surface area contributed by atoms with E-state index >= 15 is 0 Å². The summed E-state index contributed by atoms with van der Waals surface area (Å²) >= 11 is 0. The van der Waals surface area contributed by atoms with Crippen molar-refractivity contribution >= 4 is 82.5 Å². The van der Waals surface area contributed by atoms with Crippen LogP contribution in [0.25, 0.3) is 33.5 Å². The van der Waals surface area contributed by atoms with Gasteiger partial charge in [-0.2, -0.15) is 13.6 Å². The number of nitrogens with two attached hydrogens (primary N) is 3. The standard InChI is InChI=1S/C40H51N15O24P4/c1-52-16-55(33-24(52)35(60)51-40(43)49-33)36-25(56)18(9-70-8-17-6-4-3-5-7-17)19(74-36)10-72-81(63,64)78-83(67,68)79-82(65,66)73-12-21-28(29(69-2)38(76-21)53-14-46-22-30(41)44-13-45-31(22)53)77-80(61,62)71-11-20-26(57)27(58)37(75-20)54-15-47-23-32(54)48-39(42)50-34(23)59/h3-7,13-16,18-21,25-29,36-38,56-58H,8-12H2,1-2H3,(H11-,41,42,43,44,45,48,49,50,51,59,60,61,62,63,64,65,66,67,68)/p+1/t18-,19-,20-,21-,25-,26-,27-,28-,29-,36-,37-,38-/m1/s1. The van der Waals surface area contributed by atoms with E-state index < -0.39 is 136 Å². The van der Waals surface area contributed by atoms with Crippen molar-refractivity contribution in [3.8, 4) is 0 Å². The molecule has 0 radical (unpaired) electrons. The number of imidazole rings is 3. The summed E-state index contributed by atoms with van der Waals surface area (Å²) in [4.78, 5) is 97.2. The lowest BCUT2D eigenvalue weighted by atomic mass is 9.99. The number of methoxy groups -OCH3 is 1. The van der Waals surface area contributed by atoms with Crippen LogP contribution in [0.3, 0.4) is 0 Å². The van der Waals surface area contributed by atoms with E-state index in [4.69, 9.17) is 59.0 Å². The Labute approximate surface area is 462 Å². The third-order valence-electron chi connectivity index (χ3n) is 13.2. The molecule has 4 unspecified atom stereocenters. The second kappa shape index (κ2) is 23.5. The average Bonchev–Trinajstić information content (AvgIpc) is 3.55. The minimum absolute atomic E-state index is 0.0129. The number of benzene rings is 1. The number of phosphoric acid groups is 4. The molecule has 0 amide bonds. The summed E-state index contributed by atoms with van der Waals surface area (Å²) in [5, 5.41) is 33.5. The number of aromatic nitrogens is 12. The first-order valence-electron chi connectivity index (χ1n) is 24.1. The van der Waals surface area contributed by atoms with Crippen molar-refractivity contribution in [1.82, 2.24) is 53.6 Å². The first-order chi connectivity index (χ1) is 39.2. The van der Waals surface area contributed by atoms with Gasteiger partial charge < -0.3 is 75.8 Å². The fourth-order valence-corrected chi connectivity index (χ4v) is 14.0. The average molecular weight is 1250 g/mol. The highest BCUT2D eigenvalue weighted by Crippen LogP contribution is 2.68. The largest absolute Gasteiger partial charge is 0.490 e. The summed E-state index contributed by atoms with van der Waals surface area (Å²) in [6.45, 7) is -3.47. The van der Waals surface area contributed by atoms with Gasteiger partial charge >= 0.3 is 36.9 Å². The Morgan fingerprint density at radius 1 is 0.675 bits per heavy atom. The first kappa shape index (κ1) is 60.2. The normalized spacial score (nSPS) is 28.6. The monoisotopic (exact) mass is 1250 g/mol. The van der Waals surface area contributed by atoms with Crippen LogP contribution in [0.4, 0.5) is 17.7 Å². The fraction of sp³-hybridized carbons (Fsp3) is 0.475. The van der Waals surface area contributed by atoms with E-state index in [0.717, 1.165) is 36.2 Å². The molecule has 3 fully saturated rings. The number of hydrogen-bond acceptors (Lipinski definition) is 29. The van der Waals surface area contributed by atoms with Crippen LogP contribution < -0.4 is 32.9 Å². The van der Waals surface area contributed by atoms with Crippen LogP contribution >= 0.6 is 31.3 Å². The molecule has 39 nitrogen and oxygen atoms in total. The summed E-state index contributed by atoms with van der Waals surface area (Å²) in [6.07, 6.45) is -13.1. The van der Waals surface area contributed by atoms with Crippen LogP contribution in [0.5, 0.6) is 0 Å². The zero-order chi connectivity index (χ0) is 59.5. The number of aromatic amines is 2. The number of fused-ring (bicyclic) bond motifs is 3. The van der Waals surface area contributed by atoms with E-state index in [1.807, 2.05) is 0 Å². The molecular weight excluding hydrogens is 1200 g/mol. The molecule has 3 saturated heterocycles. The van der Waals surface area contributed by atoms with E-state index in [0.29, 0.717) is 0 Å². The number of aryl methyl sites for hydroxylation is 1. The third kappa shape index (κ3) is 12.7. The molecule has 3 aliphatic heterocycles.